The highest BCUT2D eigenvalue weighted by molar-refractivity contribution is 8.01. The van der Waals surface area contributed by atoms with E-state index in [4.69, 9.17) is 0 Å². The zero-order valence-corrected chi connectivity index (χ0v) is 26.4. The van der Waals surface area contributed by atoms with Crippen LogP contribution < -0.4 is 5.32 Å². The van der Waals surface area contributed by atoms with Crippen LogP contribution in [0.2, 0.25) is 0 Å². The summed E-state index contributed by atoms with van der Waals surface area (Å²) in [5.74, 6) is 0.0724. The van der Waals surface area contributed by atoms with E-state index in [0.717, 1.165) is 59.0 Å². The fourth-order valence-corrected chi connectivity index (χ4v) is 7.98. The summed E-state index contributed by atoms with van der Waals surface area (Å²) in [5, 5.41) is 10.8. The first-order chi connectivity index (χ1) is 20.6. The molecule has 3 aliphatic heterocycles. The molecule has 9 nitrogen and oxygen atoms in total. The van der Waals surface area contributed by atoms with E-state index in [9.17, 15) is 14.4 Å². The predicted molar refractivity (Wildman–Crippen MR) is 175 cm³/mol. The number of aryl methyl sites for hydroxylation is 1. The molecule has 1 aromatic heterocycles. The average Bonchev–Trinajstić information content (AvgIpc) is 3.52. The van der Waals surface area contributed by atoms with E-state index in [1.807, 2.05) is 39.1 Å². The Morgan fingerprint density at radius 1 is 1.12 bits per heavy atom. The number of piperidine rings is 1. The number of fused-ring (bicyclic) bond motifs is 2. The Morgan fingerprint density at radius 3 is 2.65 bits per heavy atom. The van der Waals surface area contributed by atoms with Crippen LogP contribution in [-0.4, -0.2) is 80.2 Å². The van der Waals surface area contributed by atoms with Crippen LogP contribution in [0.15, 0.2) is 42.6 Å². The molecule has 0 saturated carbocycles. The van der Waals surface area contributed by atoms with Crippen LogP contribution in [0.4, 0.5) is 10.5 Å². The van der Waals surface area contributed by atoms with Crippen LogP contribution >= 0.6 is 11.8 Å². The van der Waals surface area contributed by atoms with Crippen molar-refractivity contribution >= 4 is 46.2 Å². The Labute approximate surface area is 260 Å². The highest BCUT2D eigenvalue weighted by Crippen LogP contribution is 2.46. The van der Waals surface area contributed by atoms with Gasteiger partial charge in [0.2, 0.25) is 11.8 Å². The van der Waals surface area contributed by atoms with E-state index in [0.29, 0.717) is 26.2 Å². The van der Waals surface area contributed by atoms with Gasteiger partial charge in [-0.15, -0.1) is 11.8 Å². The number of rotatable bonds is 6. The number of H-pyrrole nitrogens is 1. The van der Waals surface area contributed by atoms with Gasteiger partial charge in [-0.05, 0) is 66.8 Å². The van der Waals surface area contributed by atoms with Crippen LogP contribution in [0, 0.1) is 12.3 Å². The molecule has 43 heavy (non-hydrogen) atoms. The highest BCUT2D eigenvalue weighted by atomic mass is 32.2. The fourth-order valence-electron chi connectivity index (χ4n) is 6.52. The number of nitrogens with one attached hydrogen (secondary N) is 2. The third kappa shape index (κ3) is 6.25. The molecule has 3 aliphatic rings. The summed E-state index contributed by atoms with van der Waals surface area (Å²) < 4.78 is 0. The number of benzene rings is 2. The monoisotopic (exact) mass is 606 g/mol. The summed E-state index contributed by atoms with van der Waals surface area (Å²) in [6, 6.07) is 12.3. The molecule has 0 radical (unpaired) electrons. The van der Waals surface area contributed by atoms with Gasteiger partial charge in [-0.25, -0.2) is 4.79 Å². The smallest absolute Gasteiger partial charge is 0.322 e. The van der Waals surface area contributed by atoms with Crippen LogP contribution in [0.3, 0.4) is 0 Å². The molecular formula is C33H46N6O3S. The molecule has 6 rings (SSSR count). The second kappa shape index (κ2) is 11.9. The molecule has 0 spiro atoms. The number of thioether (sulfide) groups is 1. The molecule has 2 unspecified atom stereocenters. The van der Waals surface area contributed by atoms with Crippen LogP contribution in [-0.2, 0) is 16.0 Å². The number of urea groups is 1. The van der Waals surface area contributed by atoms with Gasteiger partial charge in [0.1, 0.15) is 5.37 Å². The van der Waals surface area contributed by atoms with Crippen molar-refractivity contribution in [1.82, 2.24) is 24.9 Å². The zero-order valence-electron chi connectivity index (χ0n) is 25.6. The number of hydrogen-bond acceptors (Lipinski definition) is 5. The molecule has 0 bridgehead atoms. The van der Waals surface area contributed by atoms with Gasteiger partial charge in [-0.2, -0.15) is 5.10 Å². The van der Waals surface area contributed by atoms with E-state index in [-0.39, 0.29) is 44.0 Å². The van der Waals surface area contributed by atoms with Crippen molar-refractivity contribution in [3.8, 4) is 0 Å². The number of carbonyl (C=O) groups excluding carboxylic acids is 3. The van der Waals surface area contributed by atoms with Gasteiger partial charge < -0.3 is 20.0 Å². The molecule has 4 heterocycles. The molecular weight excluding hydrogens is 560 g/mol. The molecule has 2 N–H and O–H groups in total. The molecule has 2 aromatic carbocycles. The number of amides is 4. The summed E-state index contributed by atoms with van der Waals surface area (Å²) in [7, 11) is 0. The number of anilines is 1. The molecule has 0 aliphatic carbocycles. The normalized spacial score (nSPS) is 21.7. The van der Waals surface area contributed by atoms with Gasteiger partial charge in [0.15, 0.2) is 0 Å². The summed E-state index contributed by atoms with van der Waals surface area (Å²) in [4.78, 5) is 46.2. The first kappa shape index (κ1) is 29.5. The van der Waals surface area contributed by atoms with Crippen molar-refractivity contribution in [1.29, 1.82) is 0 Å². The Kier molecular flexibility index (Phi) is 8.15. The average molecular weight is 607 g/mol. The van der Waals surface area contributed by atoms with E-state index >= 15 is 0 Å². The largest absolute Gasteiger partial charge is 0.342 e. The second-order valence-corrected chi connectivity index (χ2v) is 14.6. The summed E-state index contributed by atoms with van der Waals surface area (Å²) in [5.41, 5.74) is 5.31. The number of likely N-dealkylation sites (tertiary alicyclic amines) is 1. The number of aromatic nitrogens is 2. The molecule has 3 aromatic rings. The van der Waals surface area contributed by atoms with Crippen LogP contribution in [0.25, 0.3) is 10.9 Å². The third-order valence-corrected chi connectivity index (χ3v) is 10.5. The van der Waals surface area contributed by atoms with Crippen molar-refractivity contribution in [2.75, 3.05) is 31.5 Å². The maximum Gasteiger partial charge on any atom is 0.322 e. The van der Waals surface area contributed by atoms with E-state index in [1.165, 1.54) is 0 Å². The van der Waals surface area contributed by atoms with Gasteiger partial charge in [0.25, 0.3) is 0 Å². The SMILES string of the molecule is Cc1cc(C2SC(CC(=O)N3CCC(N4CCc5ccccc5NC4=O)CC3)C(=O)N2CCC(C)(C)C)cc2cn[nH]c12.[HH].[HH]. The molecule has 232 valence electrons. The summed E-state index contributed by atoms with van der Waals surface area (Å²) in [6.07, 6.45) is 5.20. The molecule has 10 heteroatoms. The second-order valence-electron chi connectivity index (χ2n) is 13.3. The minimum atomic E-state index is -0.412. The first-order valence-electron chi connectivity index (χ1n) is 15.4. The van der Waals surface area contributed by atoms with Gasteiger partial charge in [-0.1, -0.05) is 45.0 Å². The standard InChI is InChI=1S/C33H42N6O3S.2H2/c1-21-17-23(18-24-20-34-36-29(21)24)31-39(16-12-33(2,3)4)30(41)27(43-31)19-28(40)37-13-10-25(11-14-37)38-15-9-22-7-5-6-8-26(22)35-32(38)42;;/h5-8,17-18,20,25,27,31H,9-16,19H2,1-4H3,(H,34,36)(H,35,42);2*1H. The van der Waals surface area contributed by atoms with Crippen LogP contribution in [0.5, 0.6) is 0 Å². The summed E-state index contributed by atoms with van der Waals surface area (Å²) in [6.45, 7) is 11.1. The molecule has 2 saturated heterocycles. The third-order valence-electron chi connectivity index (χ3n) is 9.05. The number of carbonyl (C=O) groups is 3. The first-order valence-corrected chi connectivity index (χ1v) is 16.3. The van der Waals surface area contributed by atoms with Crippen LogP contribution in [0.1, 0.15) is 71.4 Å². The molecule has 4 amide bonds. The van der Waals surface area contributed by atoms with Crippen molar-refractivity contribution < 1.29 is 17.2 Å². The van der Waals surface area contributed by atoms with Crippen molar-refractivity contribution in [2.45, 2.75) is 76.5 Å². The lowest BCUT2D eigenvalue weighted by molar-refractivity contribution is -0.137. The predicted octanol–water partition coefficient (Wildman–Crippen LogP) is 6.21. The molecule has 2 atom stereocenters. The minimum Gasteiger partial charge on any atom is -0.342 e. The highest BCUT2D eigenvalue weighted by Gasteiger charge is 2.43. The lowest BCUT2D eigenvalue weighted by Crippen LogP contribution is -2.50. The number of nitrogens with zero attached hydrogens (tertiary/aromatic N) is 4. The van der Waals surface area contributed by atoms with Crippen molar-refractivity contribution in [3.63, 3.8) is 0 Å². The number of hydrogen-bond donors (Lipinski definition) is 2. The Hall–Kier alpha value is -3.53. The van der Waals surface area contributed by atoms with Gasteiger partial charge in [-0.3, -0.25) is 14.7 Å². The Bertz CT molecular complexity index is 1530. The minimum absolute atomic E-state index is 0. The van der Waals surface area contributed by atoms with Gasteiger partial charge in [0.05, 0.1) is 17.0 Å². The topological polar surface area (TPSA) is 102 Å². The lowest BCUT2D eigenvalue weighted by Gasteiger charge is -2.38. The zero-order chi connectivity index (χ0) is 30.3. The number of para-hydroxylation sites is 1. The summed E-state index contributed by atoms with van der Waals surface area (Å²) >= 11 is 1.60. The quantitative estimate of drug-likeness (QED) is 0.347. The van der Waals surface area contributed by atoms with E-state index < -0.39 is 5.25 Å². The maximum absolute atomic E-state index is 13.8. The molecule has 2 fully saturated rings. The lowest BCUT2D eigenvalue weighted by atomic mass is 9.92. The Balaban J connectivity index is 0.00000230. The van der Waals surface area contributed by atoms with Crippen molar-refractivity contribution in [2.24, 2.45) is 5.41 Å². The maximum atomic E-state index is 13.8. The fraction of sp³-hybridized carbons (Fsp3) is 0.515. The van der Waals surface area contributed by atoms with Crippen molar-refractivity contribution in [3.05, 3.63) is 59.3 Å². The van der Waals surface area contributed by atoms with E-state index in [1.54, 1.807) is 11.8 Å². The van der Waals surface area contributed by atoms with E-state index in [2.05, 4.69) is 61.4 Å². The van der Waals surface area contributed by atoms with Gasteiger partial charge in [0, 0.05) is 52.6 Å². The van der Waals surface area contributed by atoms with Gasteiger partial charge >= 0.3 is 6.03 Å². The Morgan fingerprint density at radius 2 is 1.88 bits per heavy atom. The number of aromatic amines is 1.